The van der Waals surface area contributed by atoms with Crippen molar-refractivity contribution in [2.75, 3.05) is 0 Å². The van der Waals surface area contributed by atoms with Gasteiger partial charge in [0.05, 0.1) is 0 Å². The standard InChI is InChI=1S/Li.H2OP.HPS.S/c;2*1-2;/h;2H2;1H;/q2*+1;;-2/p+1. The van der Waals surface area contributed by atoms with E-state index in [2.05, 4.69) is 11.8 Å². The second-order valence-electron chi connectivity index (χ2n) is 0. The van der Waals surface area contributed by atoms with Crippen LogP contribution in [0.5, 0.6) is 0 Å². The summed E-state index contributed by atoms with van der Waals surface area (Å²) in [7, 11) is 3.17. The number of rotatable bonds is 0. The first-order chi connectivity index (χ1) is 2.00. The van der Waals surface area contributed by atoms with Crippen LogP contribution >= 0.6 is 17.1 Å². The van der Waals surface area contributed by atoms with Gasteiger partial charge in [0.15, 0.2) is 11.8 Å². The Labute approximate surface area is 65.8 Å². The van der Waals surface area contributed by atoms with Gasteiger partial charge in [0, 0.05) is 0 Å². The van der Waals surface area contributed by atoms with Gasteiger partial charge in [0.1, 0.15) is 8.02 Å². The molecule has 0 aliphatic carbocycles. The van der Waals surface area contributed by atoms with Crippen LogP contribution < -0.4 is 18.9 Å². The molecule has 0 radical (unpaired) electrons. The van der Waals surface area contributed by atoms with Gasteiger partial charge < -0.3 is 13.5 Å². The first-order valence-corrected chi connectivity index (χ1v) is 2.83. The third kappa shape index (κ3) is 47.3. The molecular formula is H4LiOP2S2+. The summed E-state index contributed by atoms with van der Waals surface area (Å²) in [6.07, 6.45) is 0. The zero-order chi connectivity index (χ0) is 4.00. The van der Waals surface area contributed by atoms with Gasteiger partial charge in [-0.15, -0.1) is 0 Å². The average molecular weight is 153 g/mol. The number of hydrogen-bond acceptors (Lipinski definition) is 2. The van der Waals surface area contributed by atoms with Crippen LogP contribution in [0.3, 0.4) is 0 Å². The molecule has 0 heterocycles. The maximum Gasteiger partial charge on any atom is 1.00 e. The third-order valence-corrected chi connectivity index (χ3v) is 0. The molecule has 0 aromatic carbocycles. The Hall–Kier alpha value is 1.57. The van der Waals surface area contributed by atoms with Crippen molar-refractivity contribution in [1.29, 1.82) is 0 Å². The van der Waals surface area contributed by atoms with E-state index in [1.54, 1.807) is 0 Å². The summed E-state index contributed by atoms with van der Waals surface area (Å²) in [5.41, 5.74) is 0. The molecule has 6 heteroatoms. The van der Waals surface area contributed by atoms with Crippen LogP contribution in [-0.4, -0.2) is 0 Å². The topological polar surface area (TPSA) is 17.1 Å². The van der Waals surface area contributed by atoms with E-state index < -0.39 is 0 Å². The van der Waals surface area contributed by atoms with E-state index in [1.807, 2.05) is 8.02 Å². The first-order valence-electron chi connectivity index (χ1n) is 0.471. The third-order valence-electron chi connectivity index (χ3n) is 0. The van der Waals surface area contributed by atoms with Gasteiger partial charge in [-0.25, -0.2) is 0 Å². The van der Waals surface area contributed by atoms with Gasteiger partial charge >= 0.3 is 28.0 Å². The predicted octanol–water partition coefficient (Wildman–Crippen LogP) is -2.47. The minimum atomic E-state index is 0. The van der Waals surface area contributed by atoms with E-state index >= 15 is 0 Å². The van der Waals surface area contributed by atoms with Crippen molar-refractivity contribution < 1.29 is 23.4 Å². The van der Waals surface area contributed by atoms with Crippen molar-refractivity contribution in [3.8, 4) is 0 Å². The molecule has 1 nitrogen and oxygen atoms in total. The van der Waals surface area contributed by atoms with Crippen molar-refractivity contribution >= 4 is 42.4 Å². The fraction of sp³-hybridized carbons (Fsp3) is 0. The first kappa shape index (κ1) is 25.6. The van der Waals surface area contributed by atoms with Crippen molar-refractivity contribution in [3.05, 3.63) is 0 Å². The van der Waals surface area contributed by atoms with Crippen LogP contribution in [0.25, 0.3) is 0 Å². The fourth-order valence-electron chi connectivity index (χ4n) is 0. The second-order valence-corrected chi connectivity index (χ2v) is 0. The molecule has 0 saturated heterocycles. The molecule has 0 aliphatic heterocycles. The molecule has 0 bridgehead atoms. The molecule has 0 aromatic heterocycles. The maximum absolute atomic E-state index is 8.17. The summed E-state index contributed by atoms with van der Waals surface area (Å²) in [6, 6.07) is 0. The summed E-state index contributed by atoms with van der Waals surface area (Å²) in [4.78, 5) is 0. The van der Waals surface area contributed by atoms with E-state index in [9.17, 15) is 0 Å². The SMILES string of the molecule is O=[PH2+].[Li+].[PH2+]=S.[S-2]. The zero-order valence-corrected chi connectivity index (χ0v) is 7.32. The van der Waals surface area contributed by atoms with Gasteiger partial charge in [-0.05, 0) is 0 Å². The Kier molecular flexibility index (Phi) is 354. The molecule has 0 saturated carbocycles. The van der Waals surface area contributed by atoms with Gasteiger partial charge in [-0.3, -0.25) is 0 Å². The minimum Gasteiger partial charge on any atom is -2.00 e. The smallest absolute Gasteiger partial charge is 1.00 e. The maximum atomic E-state index is 8.17. The largest absolute Gasteiger partial charge is 2.00 e. The van der Waals surface area contributed by atoms with E-state index in [0.717, 1.165) is 0 Å². The molecule has 0 aliphatic rings. The van der Waals surface area contributed by atoms with Crippen LogP contribution in [0.4, 0.5) is 0 Å². The predicted molar refractivity (Wildman–Crippen MR) is 34.8 cm³/mol. The Balaban J connectivity index is -0.00000000500. The monoisotopic (exact) mass is 153 g/mol. The second kappa shape index (κ2) is 82.9. The van der Waals surface area contributed by atoms with E-state index in [-0.39, 0.29) is 32.4 Å². The Morgan fingerprint density at radius 3 is 1.17 bits per heavy atom. The summed E-state index contributed by atoms with van der Waals surface area (Å²) >= 11 is 4.00. The molecule has 2 unspecified atom stereocenters. The summed E-state index contributed by atoms with van der Waals surface area (Å²) < 4.78 is 8.17. The molecule has 0 aromatic rings. The van der Waals surface area contributed by atoms with Crippen LogP contribution in [0, 0.1) is 0 Å². The molecule has 0 spiro atoms. The van der Waals surface area contributed by atoms with E-state index in [1.165, 1.54) is 9.12 Å². The summed E-state index contributed by atoms with van der Waals surface area (Å²) in [5, 5.41) is 0. The average Bonchev–Trinajstić information content (AvgIpc) is 1.50. The molecule has 0 rings (SSSR count). The zero-order valence-electron chi connectivity index (χ0n) is 3.38. The Morgan fingerprint density at radius 1 is 1.17 bits per heavy atom. The van der Waals surface area contributed by atoms with Gasteiger partial charge in [0.2, 0.25) is 0 Å². The van der Waals surface area contributed by atoms with Crippen molar-refractivity contribution in [2.45, 2.75) is 0 Å². The normalized spacial score (nSPS) is 1.33. The molecule has 0 amide bonds. The van der Waals surface area contributed by atoms with E-state index in [4.69, 9.17) is 4.57 Å². The quantitative estimate of drug-likeness (QED) is 0.283. The Bertz CT molecular complexity index is 13.5. The molecular weight excluding hydrogens is 149 g/mol. The summed E-state index contributed by atoms with van der Waals surface area (Å²) in [6.45, 7) is 0. The van der Waals surface area contributed by atoms with Crippen molar-refractivity contribution in [3.63, 3.8) is 0 Å². The minimum absolute atomic E-state index is 0. The van der Waals surface area contributed by atoms with Crippen LogP contribution in [0.2, 0.25) is 0 Å². The molecule has 0 N–H and O–H groups in total. The molecule has 6 heavy (non-hydrogen) atoms. The fourth-order valence-corrected chi connectivity index (χ4v) is 0. The Morgan fingerprint density at radius 2 is 1.17 bits per heavy atom. The molecule has 0 fully saturated rings. The summed E-state index contributed by atoms with van der Waals surface area (Å²) in [5.74, 6) is 0. The van der Waals surface area contributed by atoms with Gasteiger partial charge in [0.25, 0.3) is 0 Å². The van der Waals surface area contributed by atoms with Crippen molar-refractivity contribution in [1.82, 2.24) is 0 Å². The molecule has 2 atom stereocenters. The van der Waals surface area contributed by atoms with Crippen LogP contribution in [-0.2, 0) is 29.9 Å². The van der Waals surface area contributed by atoms with Crippen LogP contribution in [0.15, 0.2) is 0 Å². The number of hydrogen-bond donors (Lipinski definition) is 0. The van der Waals surface area contributed by atoms with Gasteiger partial charge in [-0.2, -0.15) is 0 Å². The van der Waals surface area contributed by atoms with Gasteiger partial charge in [-0.1, -0.05) is 4.57 Å². The van der Waals surface area contributed by atoms with Crippen molar-refractivity contribution in [2.24, 2.45) is 0 Å². The molecule has 32 valence electrons. The van der Waals surface area contributed by atoms with E-state index in [0.29, 0.717) is 0 Å². The van der Waals surface area contributed by atoms with Crippen LogP contribution in [0.1, 0.15) is 0 Å².